The highest BCUT2D eigenvalue weighted by Crippen LogP contribution is 2.33. The lowest BCUT2D eigenvalue weighted by molar-refractivity contribution is -0.776. The first kappa shape index (κ1) is 25.2. The van der Waals surface area contributed by atoms with Crippen LogP contribution in [-0.2, 0) is 14.4 Å². The summed E-state index contributed by atoms with van der Waals surface area (Å²) in [5.74, 6) is 1.34. The fourth-order valence-corrected chi connectivity index (χ4v) is 7.48. The van der Waals surface area contributed by atoms with Gasteiger partial charge in [0.2, 0.25) is 5.91 Å². The van der Waals surface area contributed by atoms with E-state index in [-0.39, 0.29) is 40.3 Å². The normalized spacial score (nSPS) is 28.1. The number of nitrogens with one attached hydrogen (secondary N) is 3. The van der Waals surface area contributed by atoms with Gasteiger partial charge >= 0.3 is 17.8 Å². The average molecular weight is 492 g/mol. The molecule has 188 valence electrons. The third-order valence-corrected chi connectivity index (χ3v) is 9.38. The summed E-state index contributed by atoms with van der Waals surface area (Å²) >= 11 is 1.90. The third kappa shape index (κ3) is 6.03. The van der Waals surface area contributed by atoms with Crippen LogP contribution in [-0.4, -0.2) is 71.0 Å². The van der Waals surface area contributed by atoms with Gasteiger partial charge in [0.15, 0.2) is 0 Å². The molecular weight excluding hydrogens is 452 g/mol. The van der Waals surface area contributed by atoms with Crippen LogP contribution in [0.2, 0.25) is 0 Å². The molecule has 0 bridgehead atoms. The first-order chi connectivity index (χ1) is 16.5. The standard InChI is InChI=1S/C25H38N4O4S/c30-21(11-5-4-10-20-24-19(17-34-20)27-25(33)28-24)26-14-6-7-15-29(22(31)12-13-23(29)32)16-18-8-2-1-3-9-18/h12-13,18-20,24H,1-11,14-17H2,(H2-,26,27,28,30,33)/p+1/t19-,20?,24-/m0/s1. The van der Waals surface area contributed by atoms with Crippen LogP contribution in [0.15, 0.2) is 12.2 Å². The summed E-state index contributed by atoms with van der Waals surface area (Å²) in [7, 11) is 0. The highest BCUT2D eigenvalue weighted by molar-refractivity contribution is 8.00. The zero-order valence-corrected chi connectivity index (χ0v) is 20.9. The minimum atomic E-state index is -0.0701. The number of nitrogens with zero attached hydrogens (tertiary/aromatic N) is 1. The number of carbonyl (C=O) groups excluding carboxylic acids is 4. The van der Waals surface area contributed by atoms with Gasteiger partial charge in [0.1, 0.15) is 0 Å². The highest BCUT2D eigenvalue weighted by Gasteiger charge is 2.47. The number of unbranched alkanes of at least 4 members (excludes halogenated alkanes) is 2. The van der Waals surface area contributed by atoms with E-state index in [0.717, 1.165) is 50.7 Å². The molecule has 4 aliphatic rings. The van der Waals surface area contributed by atoms with Gasteiger partial charge in [-0.3, -0.25) is 4.79 Å². The molecule has 8 nitrogen and oxygen atoms in total. The van der Waals surface area contributed by atoms with Crippen molar-refractivity contribution in [3.63, 3.8) is 0 Å². The Morgan fingerprint density at radius 1 is 1.00 bits per heavy atom. The first-order valence-corrected chi connectivity index (χ1v) is 14.1. The summed E-state index contributed by atoms with van der Waals surface area (Å²) < 4.78 is -0.0460. The van der Waals surface area contributed by atoms with Crippen molar-refractivity contribution >= 4 is 35.5 Å². The molecule has 0 aromatic carbocycles. The first-order valence-electron chi connectivity index (χ1n) is 13.1. The van der Waals surface area contributed by atoms with Gasteiger partial charge in [0, 0.05) is 29.9 Å². The summed E-state index contributed by atoms with van der Waals surface area (Å²) in [6.07, 6.45) is 13.6. The molecule has 0 aromatic heterocycles. The van der Waals surface area contributed by atoms with Gasteiger partial charge in [-0.1, -0.05) is 25.7 Å². The van der Waals surface area contributed by atoms with Crippen LogP contribution in [0.4, 0.5) is 4.79 Å². The minimum absolute atomic E-state index is 0.0460. The van der Waals surface area contributed by atoms with Gasteiger partial charge < -0.3 is 16.0 Å². The van der Waals surface area contributed by atoms with Gasteiger partial charge in [-0.15, -0.1) is 0 Å². The predicted molar refractivity (Wildman–Crippen MR) is 132 cm³/mol. The molecule has 2 saturated heterocycles. The molecule has 3 aliphatic heterocycles. The Kier molecular flexibility index (Phi) is 8.69. The largest absolute Gasteiger partial charge is 0.356 e. The molecule has 1 aliphatic carbocycles. The monoisotopic (exact) mass is 491 g/mol. The SMILES string of the molecule is O=C(CCCCC1SC[C@@H]2NC(=O)N[C@H]12)NCCCC[N+]1(CC2CCCCC2)C(=O)C=CC1=O. The maximum atomic E-state index is 12.6. The number of urea groups is 1. The lowest BCUT2D eigenvalue weighted by Crippen LogP contribution is -2.56. The van der Waals surface area contributed by atoms with Crippen molar-refractivity contribution in [1.29, 1.82) is 0 Å². The number of carbonyl (C=O) groups is 4. The Bertz CT molecular complexity index is 793. The van der Waals surface area contributed by atoms with Gasteiger partial charge in [-0.05, 0) is 38.5 Å². The second-order valence-electron chi connectivity index (χ2n) is 10.3. The Labute approximate surface area is 206 Å². The summed E-state index contributed by atoms with van der Waals surface area (Å²) in [6.45, 7) is 1.75. The van der Waals surface area contributed by atoms with Gasteiger partial charge in [0.05, 0.1) is 37.3 Å². The van der Waals surface area contributed by atoms with Crippen LogP contribution in [0.1, 0.15) is 70.6 Å². The molecule has 1 saturated carbocycles. The Hall–Kier alpha value is -1.87. The van der Waals surface area contributed by atoms with Gasteiger partial charge in [-0.2, -0.15) is 16.2 Å². The molecule has 5 amide bonds. The lowest BCUT2D eigenvalue weighted by atomic mass is 9.88. The second-order valence-corrected chi connectivity index (χ2v) is 11.6. The van der Waals surface area contributed by atoms with Crippen molar-refractivity contribution in [2.45, 2.75) is 88.0 Å². The van der Waals surface area contributed by atoms with E-state index < -0.39 is 0 Å². The fraction of sp³-hybridized carbons (Fsp3) is 0.760. The van der Waals surface area contributed by atoms with Crippen LogP contribution in [0.5, 0.6) is 0 Å². The number of quaternary nitrogens is 1. The summed E-state index contributed by atoms with van der Waals surface area (Å²) in [6, 6.07) is 0.410. The van der Waals surface area contributed by atoms with E-state index in [0.29, 0.717) is 37.2 Å². The molecule has 0 aromatic rings. The van der Waals surface area contributed by atoms with E-state index >= 15 is 0 Å². The number of fused-ring (bicyclic) bond motifs is 1. The van der Waals surface area contributed by atoms with E-state index in [1.165, 1.54) is 31.4 Å². The van der Waals surface area contributed by atoms with Crippen LogP contribution in [0, 0.1) is 5.92 Å². The van der Waals surface area contributed by atoms with Crippen molar-refractivity contribution in [2.24, 2.45) is 5.92 Å². The molecule has 3 N–H and O–H groups in total. The summed E-state index contributed by atoms with van der Waals surface area (Å²) in [5.41, 5.74) is 0. The highest BCUT2D eigenvalue weighted by atomic mass is 32.2. The molecule has 3 heterocycles. The number of imide groups is 1. The zero-order valence-electron chi connectivity index (χ0n) is 20.1. The third-order valence-electron chi connectivity index (χ3n) is 7.88. The van der Waals surface area contributed by atoms with E-state index in [9.17, 15) is 19.2 Å². The fourth-order valence-electron chi connectivity index (χ4n) is 5.94. The van der Waals surface area contributed by atoms with E-state index in [2.05, 4.69) is 16.0 Å². The molecular formula is C25H39N4O4S+. The summed E-state index contributed by atoms with van der Waals surface area (Å²) in [5, 5.41) is 9.39. The van der Waals surface area contributed by atoms with Crippen molar-refractivity contribution in [3.05, 3.63) is 12.2 Å². The van der Waals surface area contributed by atoms with Crippen LogP contribution >= 0.6 is 11.8 Å². The van der Waals surface area contributed by atoms with Crippen LogP contribution < -0.4 is 16.0 Å². The van der Waals surface area contributed by atoms with Gasteiger partial charge in [-0.25, -0.2) is 14.4 Å². The maximum absolute atomic E-state index is 12.6. The maximum Gasteiger partial charge on any atom is 0.346 e. The lowest BCUT2D eigenvalue weighted by Gasteiger charge is -2.33. The molecule has 34 heavy (non-hydrogen) atoms. The topological polar surface area (TPSA) is 104 Å². The molecule has 4 rings (SSSR count). The molecule has 1 unspecified atom stereocenters. The number of thioether (sulfide) groups is 1. The second kappa shape index (κ2) is 11.7. The molecule has 3 atom stereocenters. The van der Waals surface area contributed by atoms with Crippen LogP contribution in [0.3, 0.4) is 0 Å². The molecule has 3 fully saturated rings. The number of hydrogen-bond donors (Lipinski definition) is 3. The molecule has 0 spiro atoms. The quantitative estimate of drug-likeness (QED) is 0.169. The van der Waals surface area contributed by atoms with Gasteiger partial charge in [0.25, 0.3) is 0 Å². The van der Waals surface area contributed by atoms with Crippen molar-refractivity contribution in [3.8, 4) is 0 Å². The number of rotatable bonds is 12. The number of amides is 5. The van der Waals surface area contributed by atoms with Crippen molar-refractivity contribution < 1.29 is 23.7 Å². The smallest absolute Gasteiger partial charge is 0.346 e. The van der Waals surface area contributed by atoms with E-state index in [4.69, 9.17) is 0 Å². The molecule has 9 heteroatoms. The Morgan fingerprint density at radius 3 is 2.53 bits per heavy atom. The molecule has 0 radical (unpaired) electrons. The van der Waals surface area contributed by atoms with E-state index in [1.807, 2.05) is 11.8 Å². The van der Waals surface area contributed by atoms with Crippen LogP contribution in [0.25, 0.3) is 0 Å². The predicted octanol–water partition coefficient (Wildman–Crippen LogP) is 2.63. The Balaban J connectivity index is 1.09. The zero-order chi connectivity index (χ0) is 24.0. The van der Waals surface area contributed by atoms with E-state index in [1.54, 1.807) is 0 Å². The average Bonchev–Trinajstić information content (AvgIpc) is 3.46. The Morgan fingerprint density at radius 2 is 1.76 bits per heavy atom. The minimum Gasteiger partial charge on any atom is -0.356 e. The summed E-state index contributed by atoms with van der Waals surface area (Å²) in [4.78, 5) is 49.0. The van der Waals surface area contributed by atoms with Crippen molar-refractivity contribution in [2.75, 3.05) is 25.4 Å². The van der Waals surface area contributed by atoms with Crippen molar-refractivity contribution in [1.82, 2.24) is 16.0 Å². The number of hydrogen-bond acceptors (Lipinski definition) is 5.